The molecular formula is C21H25N5S2. The number of hydrogen-bond acceptors (Lipinski definition) is 5. The Hall–Kier alpha value is -2.38. The third-order valence-electron chi connectivity index (χ3n) is 4.85. The van der Waals surface area contributed by atoms with Crippen LogP contribution in [-0.4, -0.2) is 55.6 Å². The molecule has 2 aromatic heterocycles. The average Bonchev–Trinajstić information content (AvgIpc) is 3.45. The van der Waals surface area contributed by atoms with Crippen molar-refractivity contribution in [2.45, 2.75) is 6.42 Å². The SMILES string of the molecule is CN=C(NCCc1csc(-c2ccccc2)n1)N1CCN(c2cccs2)CC1. The fourth-order valence-corrected chi connectivity index (χ4v) is 5.00. The van der Waals surface area contributed by atoms with Crippen LogP contribution in [0.3, 0.4) is 0 Å². The van der Waals surface area contributed by atoms with Crippen LogP contribution in [0.25, 0.3) is 10.6 Å². The van der Waals surface area contributed by atoms with E-state index in [2.05, 4.69) is 67.3 Å². The number of thiazole rings is 1. The Morgan fingerprint density at radius 3 is 2.61 bits per heavy atom. The largest absolute Gasteiger partial charge is 0.360 e. The van der Waals surface area contributed by atoms with Gasteiger partial charge in [-0.25, -0.2) is 4.98 Å². The van der Waals surface area contributed by atoms with Gasteiger partial charge < -0.3 is 15.1 Å². The molecular weight excluding hydrogens is 386 g/mol. The van der Waals surface area contributed by atoms with Gasteiger partial charge in [0.25, 0.3) is 0 Å². The number of nitrogens with zero attached hydrogens (tertiary/aromatic N) is 4. The van der Waals surface area contributed by atoms with Crippen LogP contribution in [0.4, 0.5) is 5.00 Å². The summed E-state index contributed by atoms with van der Waals surface area (Å²) in [5.41, 5.74) is 2.32. The maximum Gasteiger partial charge on any atom is 0.193 e. The lowest BCUT2D eigenvalue weighted by Gasteiger charge is -2.37. The van der Waals surface area contributed by atoms with E-state index in [1.54, 1.807) is 11.3 Å². The molecule has 1 fully saturated rings. The molecule has 3 aromatic rings. The quantitative estimate of drug-likeness (QED) is 0.512. The number of piperazine rings is 1. The molecule has 1 aliphatic rings. The van der Waals surface area contributed by atoms with Crippen molar-refractivity contribution in [3.05, 3.63) is 58.9 Å². The maximum atomic E-state index is 4.77. The van der Waals surface area contributed by atoms with Crippen molar-refractivity contribution < 1.29 is 0 Å². The smallest absolute Gasteiger partial charge is 0.193 e. The summed E-state index contributed by atoms with van der Waals surface area (Å²) in [6.45, 7) is 4.90. The van der Waals surface area contributed by atoms with Crippen LogP contribution in [0.1, 0.15) is 5.69 Å². The average molecular weight is 412 g/mol. The third kappa shape index (κ3) is 4.54. The zero-order valence-corrected chi connectivity index (χ0v) is 17.7. The van der Waals surface area contributed by atoms with E-state index >= 15 is 0 Å². The van der Waals surface area contributed by atoms with Crippen molar-refractivity contribution in [1.29, 1.82) is 0 Å². The van der Waals surface area contributed by atoms with Crippen molar-refractivity contribution in [3.63, 3.8) is 0 Å². The Balaban J connectivity index is 1.26. The number of aromatic nitrogens is 1. The first-order chi connectivity index (χ1) is 13.8. The molecule has 7 heteroatoms. The second kappa shape index (κ2) is 9.21. The molecule has 146 valence electrons. The Kier molecular flexibility index (Phi) is 6.24. The van der Waals surface area contributed by atoms with E-state index < -0.39 is 0 Å². The predicted octanol–water partition coefficient (Wildman–Crippen LogP) is 3.81. The first-order valence-electron chi connectivity index (χ1n) is 9.57. The minimum absolute atomic E-state index is 0.843. The molecule has 1 aromatic carbocycles. The minimum Gasteiger partial charge on any atom is -0.360 e. The van der Waals surface area contributed by atoms with E-state index in [9.17, 15) is 0 Å². The molecule has 0 radical (unpaired) electrons. The zero-order valence-electron chi connectivity index (χ0n) is 16.0. The lowest BCUT2D eigenvalue weighted by molar-refractivity contribution is 0.373. The molecule has 3 heterocycles. The summed E-state index contributed by atoms with van der Waals surface area (Å²) in [5.74, 6) is 0.990. The number of rotatable bonds is 5. The summed E-state index contributed by atoms with van der Waals surface area (Å²) < 4.78 is 0. The second-order valence-corrected chi connectivity index (χ2v) is 8.44. The van der Waals surface area contributed by atoms with E-state index in [-0.39, 0.29) is 0 Å². The highest BCUT2D eigenvalue weighted by atomic mass is 32.1. The van der Waals surface area contributed by atoms with Crippen LogP contribution in [-0.2, 0) is 6.42 Å². The Labute approximate surface area is 174 Å². The van der Waals surface area contributed by atoms with Gasteiger partial charge in [0.2, 0.25) is 0 Å². The van der Waals surface area contributed by atoms with Crippen molar-refractivity contribution in [1.82, 2.24) is 15.2 Å². The van der Waals surface area contributed by atoms with Crippen LogP contribution < -0.4 is 10.2 Å². The zero-order chi connectivity index (χ0) is 19.2. The molecule has 5 nitrogen and oxygen atoms in total. The summed E-state index contributed by atoms with van der Waals surface area (Å²) in [4.78, 5) is 14.1. The first kappa shape index (κ1) is 19.0. The molecule has 0 saturated carbocycles. The predicted molar refractivity (Wildman–Crippen MR) is 121 cm³/mol. The monoisotopic (exact) mass is 411 g/mol. The molecule has 1 N–H and O–H groups in total. The highest BCUT2D eigenvalue weighted by molar-refractivity contribution is 7.14. The van der Waals surface area contributed by atoms with Crippen LogP contribution in [0.5, 0.6) is 0 Å². The summed E-state index contributed by atoms with van der Waals surface area (Å²) in [6, 6.07) is 14.7. The van der Waals surface area contributed by atoms with Crippen LogP contribution in [0.2, 0.25) is 0 Å². The lowest BCUT2D eigenvalue weighted by Crippen LogP contribution is -2.52. The number of guanidine groups is 1. The normalized spacial score (nSPS) is 15.1. The number of thiophene rings is 1. The maximum absolute atomic E-state index is 4.77. The van der Waals surface area contributed by atoms with E-state index in [1.165, 1.54) is 10.6 Å². The topological polar surface area (TPSA) is 43.8 Å². The summed E-state index contributed by atoms with van der Waals surface area (Å²) in [6.07, 6.45) is 0.900. The molecule has 0 unspecified atom stereocenters. The molecule has 0 atom stereocenters. The van der Waals surface area contributed by atoms with Crippen LogP contribution in [0.15, 0.2) is 58.2 Å². The van der Waals surface area contributed by atoms with Gasteiger partial charge in [0, 0.05) is 57.1 Å². The van der Waals surface area contributed by atoms with Crippen molar-refractivity contribution in [2.75, 3.05) is 44.7 Å². The summed E-state index contributed by atoms with van der Waals surface area (Å²) >= 11 is 3.52. The molecule has 1 saturated heterocycles. The van der Waals surface area contributed by atoms with Crippen molar-refractivity contribution in [3.8, 4) is 10.6 Å². The first-order valence-corrected chi connectivity index (χ1v) is 11.3. The lowest BCUT2D eigenvalue weighted by atomic mass is 10.2. The Morgan fingerprint density at radius 2 is 1.89 bits per heavy atom. The van der Waals surface area contributed by atoms with Gasteiger partial charge in [-0.15, -0.1) is 22.7 Å². The van der Waals surface area contributed by atoms with Crippen LogP contribution in [0, 0.1) is 0 Å². The highest BCUT2D eigenvalue weighted by Gasteiger charge is 2.20. The summed E-state index contributed by atoms with van der Waals surface area (Å²) in [5, 5.41) is 10.3. The van der Waals surface area contributed by atoms with Crippen molar-refractivity contribution >= 4 is 33.6 Å². The van der Waals surface area contributed by atoms with Gasteiger partial charge >= 0.3 is 0 Å². The van der Waals surface area contributed by atoms with E-state index in [1.807, 2.05) is 24.5 Å². The molecule has 0 aliphatic carbocycles. The molecule has 0 bridgehead atoms. The molecule has 0 spiro atoms. The van der Waals surface area contributed by atoms with Gasteiger partial charge in [0.1, 0.15) is 5.01 Å². The van der Waals surface area contributed by atoms with Gasteiger partial charge in [-0.1, -0.05) is 30.3 Å². The van der Waals surface area contributed by atoms with Gasteiger partial charge in [-0.3, -0.25) is 4.99 Å². The van der Waals surface area contributed by atoms with Crippen molar-refractivity contribution in [2.24, 2.45) is 4.99 Å². The number of nitrogens with one attached hydrogen (secondary N) is 1. The van der Waals surface area contributed by atoms with Gasteiger partial charge in [-0.2, -0.15) is 0 Å². The van der Waals surface area contributed by atoms with E-state index in [0.29, 0.717) is 0 Å². The molecule has 4 rings (SSSR count). The summed E-state index contributed by atoms with van der Waals surface area (Å²) in [7, 11) is 1.87. The van der Waals surface area contributed by atoms with E-state index in [4.69, 9.17) is 4.98 Å². The van der Waals surface area contributed by atoms with Crippen LogP contribution >= 0.6 is 22.7 Å². The fraction of sp³-hybridized carbons (Fsp3) is 0.333. The fourth-order valence-electron chi connectivity index (χ4n) is 3.36. The second-order valence-electron chi connectivity index (χ2n) is 6.66. The number of aliphatic imine (C=N–C) groups is 1. The standard InChI is InChI=1S/C21H25N5S2/c1-22-21(26-13-11-25(12-14-26)19-8-5-15-27-19)23-10-9-18-16-28-20(24-18)17-6-3-2-4-7-17/h2-8,15-16H,9-14H2,1H3,(H,22,23). The number of benzene rings is 1. The van der Waals surface area contributed by atoms with Gasteiger partial charge in [0.05, 0.1) is 10.7 Å². The Morgan fingerprint density at radius 1 is 1.07 bits per heavy atom. The molecule has 28 heavy (non-hydrogen) atoms. The Bertz CT molecular complexity index is 881. The molecule has 1 aliphatic heterocycles. The molecule has 0 amide bonds. The third-order valence-corrected chi connectivity index (χ3v) is 6.71. The van der Waals surface area contributed by atoms with E-state index in [0.717, 1.165) is 55.8 Å². The van der Waals surface area contributed by atoms with Gasteiger partial charge in [0.15, 0.2) is 5.96 Å². The van der Waals surface area contributed by atoms with Gasteiger partial charge in [-0.05, 0) is 17.5 Å². The highest BCUT2D eigenvalue weighted by Crippen LogP contribution is 2.24. The number of anilines is 1. The number of hydrogen-bond donors (Lipinski definition) is 1. The minimum atomic E-state index is 0.843.